The molecule has 0 unspecified atom stereocenters. The van der Waals surface area contributed by atoms with Crippen molar-refractivity contribution in [3.8, 4) is 5.75 Å². The van der Waals surface area contributed by atoms with Crippen molar-refractivity contribution < 1.29 is 9.57 Å². The van der Waals surface area contributed by atoms with Crippen LogP contribution in [-0.4, -0.2) is 35.9 Å². The fourth-order valence-corrected chi connectivity index (χ4v) is 2.47. The van der Waals surface area contributed by atoms with Gasteiger partial charge >= 0.3 is 0 Å². The Morgan fingerprint density at radius 3 is 2.28 bits per heavy atom. The molecule has 1 aromatic rings. The highest BCUT2D eigenvalue weighted by Crippen LogP contribution is 2.24. The second kappa shape index (κ2) is 7.31. The Morgan fingerprint density at radius 2 is 1.72 bits per heavy atom. The van der Waals surface area contributed by atoms with Gasteiger partial charge in [0.25, 0.3) is 0 Å². The average molecular weight is 347 g/mol. The number of nitrogens with two attached hydrogens (primary N) is 2. The largest absolute Gasteiger partial charge is 0.494 e. The minimum atomic E-state index is -0.681. The zero-order valence-electron chi connectivity index (χ0n) is 15.7. The maximum absolute atomic E-state index is 5.86. The molecule has 0 saturated carbocycles. The molecule has 7 heteroatoms. The number of hydrogen-bond donors (Lipinski definition) is 2. The van der Waals surface area contributed by atoms with Crippen molar-refractivity contribution in [3.63, 3.8) is 0 Å². The Morgan fingerprint density at radius 1 is 1.08 bits per heavy atom. The molecule has 2 rings (SSSR count). The molecule has 0 aliphatic carbocycles. The third-order valence-electron chi connectivity index (χ3n) is 3.82. The summed E-state index contributed by atoms with van der Waals surface area (Å²) in [6.45, 7) is 11.3. The smallest absolute Gasteiger partial charge is 0.226 e. The number of hydrogen-bond acceptors (Lipinski definition) is 7. The van der Waals surface area contributed by atoms with Crippen molar-refractivity contribution in [2.45, 2.75) is 52.1 Å². The van der Waals surface area contributed by atoms with Gasteiger partial charge in [-0.25, -0.2) is 4.99 Å². The van der Waals surface area contributed by atoms with Crippen LogP contribution in [0, 0.1) is 0 Å². The third-order valence-corrected chi connectivity index (χ3v) is 3.82. The summed E-state index contributed by atoms with van der Waals surface area (Å²) < 4.78 is 5.75. The van der Waals surface area contributed by atoms with Crippen LogP contribution in [0.5, 0.6) is 5.75 Å². The summed E-state index contributed by atoms with van der Waals surface area (Å²) in [7, 11) is 0. The Hall–Kier alpha value is -2.28. The van der Waals surface area contributed by atoms with Crippen LogP contribution in [0.1, 0.15) is 46.6 Å². The van der Waals surface area contributed by atoms with Crippen molar-refractivity contribution in [3.05, 3.63) is 29.8 Å². The highest BCUT2D eigenvalue weighted by Gasteiger charge is 2.32. The predicted octanol–water partition coefficient (Wildman–Crippen LogP) is 2.37. The van der Waals surface area contributed by atoms with Crippen molar-refractivity contribution in [1.29, 1.82) is 0 Å². The molecule has 1 heterocycles. The summed E-state index contributed by atoms with van der Waals surface area (Å²) in [6.07, 6.45) is 0.708. The number of ether oxygens (including phenoxy) is 1. The monoisotopic (exact) mass is 347 g/mol. The number of rotatable bonds is 6. The van der Waals surface area contributed by atoms with Crippen LogP contribution in [0.25, 0.3) is 0 Å². The Kier molecular flexibility index (Phi) is 5.57. The number of nitrogens with zero attached hydrogens (tertiary/aromatic N) is 3. The van der Waals surface area contributed by atoms with Gasteiger partial charge in [0.1, 0.15) is 5.75 Å². The first-order valence-corrected chi connectivity index (χ1v) is 8.45. The highest BCUT2D eigenvalue weighted by atomic mass is 16.7. The summed E-state index contributed by atoms with van der Waals surface area (Å²) in [5.41, 5.74) is 12.2. The van der Waals surface area contributed by atoms with Crippen molar-refractivity contribution in [2.75, 3.05) is 13.2 Å². The van der Waals surface area contributed by atoms with Gasteiger partial charge < -0.3 is 16.2 Å². The molecule has 0 fully saturated rings. The minimum Gasteiger partial charge on any atom is -0.494 e. The first kappa shape index (κ1) is 19.1. The van der Waals surface area contributed by atoms with Gasteiger partial charge in [-0.05, 0) is 37.0 Å². The molecule has 0 saturated heterocycles. The van der Waals surface area contributed by atoms with E-state index in [0.29, 0.717) is 19.6 Å². The van der Waals surface area contributed by atoms with Gasteiger partial charge in [-0.1, -0.05) is 32.9 Å². The van der Waals surface area contributed by atoms with Gasteiger partial charge in [-0.3, -0.25) is 4.84 Å². The first-order valence-electron chi connectivity index (χ1n) is 8.45. The molecule has 0 bridgehead atoms. The summed E-state index contributed by atoms with van der Waals surface area (Å²) in [5, 5.41) is 1.47. The molecule has 7 nitrogen and oxygen atoms in total. The lowest BCUT2D eigenvalue weighted by molar-refractivity contribution is -0.158. The van der Waals surface area contributed by atoms with Crippen molar-refractivity contribution >= 4 is 11.9 Å². The number of aliphatic imine (C=N–C) groups is 2. The molecule has 1 aliphatic rings. The van der Waals surface area contributed by atoms with Crippen molar-refractivity contribution in [2.24, 2.45) is 21.5 Å². The lowest BCUT2D eigenvalue weighted by Crippen LogP contribution is -2.53. The third kappa shape index (κ3) is 5.09. The van der Waals surface area contributed by atoms with Crippen LogP contribution in [-0.2, 0) is 10.3 Å². The van der Waals surface area contributed by atoms with E-state index < -0.39 is 5.66 Å². The lowest BCUT2D eigenvalue weighted by atomic mass is 9.87. The van der Waals surface area contributed by atoms with Gasteiger partial charge in [0.15, 0.2) is 5.66 Å². The summed E-state index contributed by atoms with van der Waals surface area (Å²) >= 11 is 0. The van der Waals surface area contributed by atoms with Crippen LogP contribution in [0.3, 0.4) is 0 Å². The molecule has 0 amide bonds. The molecule has 25 heavy (non-hydrogen) atoms. The van der Waals surface area contributed by atoms with Crippen LogP contribution in [0.2, 0.25) is 0 Å². The summed E-state index contributed by atoms with van der Waals surface area (Å²) in [5.74, 6) is 1.21. The van der Waals surface area contributed by atoms with Crippen LogP contribution < -0.4 is 16.2 Å². The van der Waals surface area contributed by atoms with Crippen LogP contribution >= 0.6 is 0 Å². The Labute approximate surface area is 149 Å². The van der Waals surface area contributed by atoms with Gasteiger partial charge in [-0.15, -0.1) is 0 Å². The standard InChI is InChI=1S/C18H29N5O2/c1-17(2,3)13-7-9-14(10-8-13)24-11-6-12-25-23-16(20)21-15(19)22-18(23,4)5/h7-10H,6,11-12H2,1-5H3,(H4,19,20,21,22). The van der Waals surface area contributed by atoms with Gasteiger partial charge in [0.05, 0.1) is 13.2 Å². The van der Waals surface area contributed by atoms with Gasteiger partial charge in [0, 0.05) is 6.42 Å². The number of benzene rings is 1. The molecule has 1 aromatic carbocycles. The fourth-order valence-electron chi connectivity index (χ4n) is 2.47. The highest BCUT2D eigenvalue weighted by molar-refractivity contribution is 5.95. The molecule has 0 radical (unpaired) electrons. The van der Waals surface area contributed by atoms with E-state index in [0.717, 1.165) is 5.75 Å². The molecular weight excluding hydrogens is 318 g/mol. The summed E-state index contributed by atoms with van der Waals surface area (Å²) in [4.78, 5) is 13.8. The normalized spacial score (nSPS) is 17.1. The first-order chi connectivity index (χ1) is 11.6. The van der Waals surface area contributed by atoms with Gasteiger partial charge in [0.2, 0.25) is 11.9 Å². The maximum Gasteiger partial charge on any atom is 0.226 e. The van der Waals surface area contributed by atoms with E-state index in [2.05, 4.69) is 42.9 Å². The zero-order valence-corrected chi connectivity index (χ0v) is 15.7. The molecule has 1 aliphatic heterocycles. The van der Waals surface area contributed by atoms with Gasteiger partial charge in [-0.2, -0.15) is 10.1 Å². The van der Waals surface area contributed by atoms with Crippen LogP contribution in [0.15, 0.2) is 34.3 Å². The van der Waals surface area contributed by atoms with E-state index in [1.807, 2.05) is 26.0 Å². The molecule has 0 spiro atoms. The molecule has 4 N–H and O–H groups in total. The second-order valence-corrected chi connectivity index (χ2v) is 7.54. The lowest BCUT2D eigenvalue weighted by Gasteiger charge is -2.36. The molecule has 0 aromatic heterocycles. The number of hydroxylamine groups is 2. The van der Waals surface area contributed by atoms with E-state index in [1.165, 1.54) is 10.6 Å². The molecular formula is C18H29N5O2. The van der Waals surface area contributed by atoms with E-state index in [4.69, 9.17) is 21.0 Å². The van der Waals surface area contributed by atoms with E-state index >= 15 is 0 Å². The van der Waals surface area contributed by atoms with Crippen LogP contribution in [0.4, 0.5) is 0 Å². The van der Waals surface area contributed by atoms with E-state index in [-0.39, 0.29) is 17.3 Å². The molecule has 138 valence electrons. The summed E-state index contributed by atoms with van der Waals surface area (Å²) in [6, 6.07) is 8.19. The Bertz CT molecular complexity index is 644. The second-order valence-electron chi connectivity index (χ2n) is 7.54. The SMILES string of the molecule is CC(C)(C)c1ccc(OCCCON2C(N)=NC(N)=NC2(C)C)cc1. The maximum atomic E-state index is 5.86. The van der Waals surface area contributed by atoms with E-state index in [9.17, 15) is 0 Å². The predicted molar refractivity (Wildman–Crippen MR) is 100 cm³/mol. The molecule has 0 atom stereocenters. The van der Waals surface area contributed by atoms with Crippen molar-refractivity contribution in [1.82, 2.24) is 5.06 Å². The topological polar surface area (TPSA) is 98.5 Å². The quantitative estimate of drug-likeness (QED) is 0.770. The zero-order chi connectivity index (χ0) is 18.7. The number of guanidine groups is 2. The van der Waals surface area contributed by atoms with E-state index in [1.54, 1.807) is 0 Å². The Balaban J connectivity index is 1.76. The fraction of sp³-hybridized carbons (Fsp3) is 0.556. The minimum absolute atomic E-state index is 0.140. The average Bonchev–Trinajstić information content (AvgIpc) is 2.48.